The molecule has 0 unspecified atom stereocenters. The maximum atomic E-state index is 13.4. The molecule has 0 saturated carbocycles. The zero-order valence-corrected chi connectivity index (χ0v) is 10.1. The van der Waals surface area contributed by atoms with Gasteiger partial charge in [-0.2, -0.15) is 5.26 Å². The summed E-state index contributed by atoms with van der Waals surface area (Å²) in [6, 6.07) is 8.32. The minimum Gasteiger partial charge on any atom is -0.376 e. The molecule has 20 heavy (non-hydrogen) atoms. The van der Waals surface area contributed by atoms with Crippen LogP contribution in [0.3, 0.4) is 0 Å². The lowest BCUT2D eigenvalue weighted by molar-refractivity contribution is 0.458. The maximum Gasteiger partial charge on any atom is 0.185 e. The van der Waals surface area contributed by atoms with E-state index in [4.69, 9.17) is 5.26 Å². The molecule has 0 amide bonds. The Morgan fingerprint density at radius 1 is 1.00 bits per heavy atom. The lowest BCUT2D eigenvalue weighted by Crippen LogP contribution is -2.07. The summed E-state index contributed by atoms with van der Waals surface area (Å²) in [4.78, 5) is 0. The number of hydrogen-bond acceptors (Lipinski definition) is 2. The fourth-order valence-corrected chi connectivity index (χ4v) is 1.67. The highest BCUT2D eigenvalue weighted by Crippen LogP contribution is 2.24. The molecule has 0 spiro atoms. The van der Waals surface area contributed by atoms with Crippen LogP contribution in [0, 0.1) is 34.6 Å². The first-order valence-corrected chi connectivity index (χ1v) is 5.59. The van der Waals surface area contributed by atoms with Crippen LogP contribution in [-0.2, 0) is 6.54 Å². The smallest absolute Gasteiger partial charge is 0.185 e. The van der Waals surface area contributed by atoms with Gasteiger partial charge in [-0.15, -0.1) is 0 Å². The Morgan fingerprint density at radius 2 is 1.65 bits per heavy atom. The highest BCUT2D eigenvalue weighted by atomic mass is 19.2. The molecule has 102 valence electrons. The van der Waals surface area contributed by atoms with Crippen molar-refractivity contribution < 1.29 is 17.6 Å². The highest BCUT2D eigenvalue weighted by molar-refractivity contribution is 5.48. The predicted molar refractivity (Wildman–Crippen MR) is 64.8 cm³/mol. The van der Waals surface area contributed by atoms with Gasteiger partial charge in [0, 0.05) is 12.6 Å². The first-order valence-electron chi connectivity index (χ1n) is 5.59. The number of benzene rings is 2. The van der Waals surface area contributed by atoms with Crippen LogP contribution < -0.4 is 5.32 Å². The molecule has 0 aromatic heterocycles. The Bertz CT molecular complexity index is 666. The van der Waals surface area contributed by atoms with Crippen molar-refractivity contribution >= 4 is 5.69 Å². The van der Waals surface area contributed by atoms with Crippen molar-refractivity contribution in [3.63, 3.8) is 0 Å². The van der Waals surface area contributed by atoms with Crippen LogP contribution in [0.2, 0.25) is 0 Å². The quantitative estimate of drug-likeness (QED) is 0.687. The van der Waals surface area contributed by atoms with Crippen LogP contribution >= 0.6 is 0 Å². The minimum absolute atomic E-state index is 0.0771. The van der Waals surface area contributed by atoms with Crippen molar-refractivity contribution in [3.8, 4) is 6.07 Å². The molecule has 0 aliphatic rings. The van der Waals surface area contributed by atoms with Crippen molar-refractivity contribution in [2.45, 2.75) is 6.54 Å². The van der Waals surface area contributed by atoms with E-state index in [0.29, 0.717) is 11.1 Å². The van der Waals surface area contributed by atoms with Crippen molar-refractivity contribution in [3.05, 3.63) is 64.7 Å². The zero-order valence-electron chi connectivity index (χ0n) is 10.1. The van der Waals surface area contributed by atoms with E-state index >= 15 is 0 Å². The molecular weight excluding hydrogens is 272 g/mol. The third-order valence-electron chi connectivity index (χ3n) is 2.64. The fraction of sp³-hybridized carbons (Fsp3) is 0.0714. The van der Waals surface area contributed by atoms with Gasteiger partial charge in [-0.1, -0.05) is 12.1 Å². The van der Waals surface area contributed by atoms with Gasteiger partial charge in [-0.05, 0) is 17.7 Å². The van der Waals surface area contributed by atoms with Crippen molar-refractivity contribution in [1.29, 1.82) is 5.26 Å². The van der Waals surface area contributed by atoms with Crippen LogP contribution in [-0.4, -0.2) is 0 Å². The van der Waals surface area contributed by atoms with E-state index < -0.39 is 29.0 Å². The summed E-state index contributed by atoms with van der Waals surface area (Å²) in [6.45, 7) is -0.0771. The molecule has 2 aromatic carbocycles. The Hall–Kier alpha value is -2.55. The second kappa shape index (κ2) is 5.61. The number of nitriles is 1. The minimum atomic E-state index is -1.49. The van der Waals surface area contributed by atoms with Crippen LogP contribution in [0.4, 0.5) is 23.2 Å². The zero-order chi connectivity index (χ0) is 14.7. The summed E-state index contributed by atoms with van der Waals surface area (Å²) >= 11 is 0. The summed E-state index contributed by atoms with van der Waals surface area (Å²) in [5.41, 5.74) is 0.0491. The van der Waals surface area contributed by atoms with E-state index in [9.17, 15) is 17.6 Å². The van der Waals surface area contributed by atoms with Crippen LogP contribution in [0.25, 0.3) is 0 Å². The second-order valence-electron chi connectivity index (χ2n) is 4.01. The standard InChI is InChI=1S/C14H8F4N2/c15-10-5-11(16)13(18)14(12(10)17)20-7-9-3-1-2-8(4-9)6-19/h1-5,20H,7H2. The van der Waals surface area contributed by atoms with E-state index in [0.717, 1.165) is 0 Å². The summed E-state index contributed by atoms with van der Waals surface area (Å²) in [6.07, 6.45) is 0. The van der Waals surface area contributed by atoms with E-state index in [-0.39, 0.29) is 12.6 Å². The largest absolute Gasteiger partial charge is 0.376 e. The average molecular weight is 280 g/mol. The third-order valence-corrected chi connectivity index (χ3v) is 2.64. The van der Waals surface area contributed by atoms with Crippen LogP contribution in [0.15, 0.2) is 30.3 Å². The van der Waals surface area contributed by atoms with Crippen LogP contribution in [0.1, 0.15) is 11.1 Å². The Balaban J connectivity index is 2.25. The van der Waals surface area contributed by atoms with E-state index in [2.05, 4.69) is 5.32 Å². The van der Waals surface area contributed by atoms with Gasteiger partial charge in [0.05, 0.1) is 11.6 Å². The average Bonchev–Trinajstić information content (AvgIpc) is 2.45. The van der Waals surface area contributed by atoms with Gasteiger partial charge in [0.1, 0.15) is 5.69 Å². The maximum absolute atomic E-state index is 13.4. The molecule has 0 aliphatic heterocycles. The van der Waals surface area contributed by atoms with Crippen molar-refractivity contribution in [2.24, 2.45) is 0 Å². The lowest BCUT2D eigenvalue weighted by Gasteiger charge is -2.10. The molecule has 0 heterocycles. The number of halogens is 4. The Labute approximate surface area is 112 Å². The molecular formula is C14H8F4N2. The molecule has 0 saturated heterocycles. The molecule has 0 fully saturated rings. The van der Waals surface area contributed by atoms with Gasteiger partial charge in [0.25, 0.3) is 0 Å². The fourth-order valence-electron chi connectivity index (χ4n) is 1.67. The molecule has 0 bridgehead atoms. The van der Waals surface area contributed by atoms with E-state index in [1.165, 1.54) is 6.07 Å². The molecule has 2 nitrogen and oxygen atoms in total. The summed E-state index contributed by atoms with van der Waals surface area (Å²) in [5, 5.41) is 11.0. The van der Waals surface area contributed by atoms with Gasteiger partial charge in [0.2, 0.25) is 0 Å². The first-order chi connectivity index (χ1) is 9.52. The summed E-state index contributed by atoms with van der Waals surface area (Å²) in [5.74, 6) is -5.92. The number of anilines is 1. The molecule has 1 N–H and O–H groups in total. The Kier molecular flexibility index (Phi) is 3.89. The highest BCUT2D eigenvalue weighted by Gasteiger charge is 2.18. The number of rotatable bonds is 3. The van der Waals surface area contributed by atoms with Crippen molar-refractivity contribution in [2.75, 3.05) is 5.32 Å². The topological polar surface area (TPSA) is 35.8 Å². The number of nitrogens with zero attached hydrogens (tertiary/aromatic N) is 1. The second-order valence-corrected chi connectivity index (χ2v) is 4.01. The molecule has 0 aliphatic carbocycles. The molecule has 2 aromatic rings. The number of hydrogen-bond donors (Lipinski definition) is 1. The molecule has 2 rings (SSSR count). The molecule has 6 heteroatoms. The van der Waals surface area contributed by atoms with Gasteiger partial charge >= 0.3 is 0 Å². The summed E-state index contributed by atoms with van der Waals surface area (Å²) in [7, 11) is 0. The molecule has 0 radical (unpaired) electrons. The monoisotopic (exact) mass is 280 g/mol. The number of nitrogens with one attached hydrogen (secondary N) is 1. The summed E-state index contributed by atoms with van der Waals surface area (Å²) < 4.78 is 52.8. The van der Waals surface area contributed by atoms with E-state index in [1.807, 2.05) is 6.07 Å². The van der Waals surface area contributed by atoms with Crippen LogP contribution in [0.5, 0.6) is 0 Å². The lowest BCUT2D eigenvalue weighted by atomic mass is 10.1. The Morgan fingerprint density at radius 3 is 2.25 bits per heavy atom. The third kappa shape index (κ3) is 2.72. The van der Waals surface area contributed by atoms with Crippen molar-refractivity contribution in [1.82, 2.24) is 0 Å². The van der Waals surface area contributed by atoms with E-state index in [1.54, 1.807) is 18.2 Å². The SMILES string of the molecule is N#Cc1cccc(CNc2c(F)c(F)cc(F)c2F)c1. The van der Waals surface area contributed by atoms with Gasteiger partial charge in [-0.25, -0.2) is 17.6 Å². The van der Waals surface area contributed by atoms with Gasteiger partial charge in [0.15, 0.2) is 23.3 Å². The predicted octanol–water partition coefficient (Wildman–Crippen LogP) is 3.73. The normalized spacial score (nSPS) is 10.2. The van der Waals surface area contributed by atoms with Gasteiger partial charge in [-0.3, -0.25) is 0 Å². The first kappa shape index (κ1) is 13.9. The molecule has 0 atom stereocenters. The van der Waals surface area contributed by atoms with Gasteiger partial charge < -0.3 is 5.32 Å².